The number of aromatic nitrogens is 3. The van der Waals surface area contributed by atoms with E-state index in [0.29, 0.717) is 59.8 Å². The van der Waals surface area contributed by atoms with Gasteiger partial charge in [-0.1, -0.05) is 0 Å². The smallest absolute Gasteiger partial charge is 0.225 e. The summed E-state index contributed by atoms with van der Waals surface area (Å²) in [5, 5.41) is 13.1. The first-order valence-electron chi connectivity index (χ1n) is 9.25. The minimum absolute atomic E-state index is 0.192. The normalized spacial score (nSPS) is 12.3. The second-order valence-corrected chi connectivity index (χ2v) is 6.43. The Kier molecular flexibility index (Phi) is 5.26. The zero-order chi connectivity index (χ0) is 21.1. The molecule has 0 unspecified atom stereocenters. The number of benzene rings is 1. The van der Waals surface area contributed by atoms with Crippen molar-refractivity contribution in [2.45, 2.75) is 12.8 Å². The summed E-state index contributed by atoms with van der Waals surface area (Å²) in [7, 11) is 1.73. The van der Waals surface area contributed by atoms with Crippen LogP contribution in [0.1, 0.15) is 12.8 Å². The van der Waals surface area contributed by atoms with Gasteiger partial charge in [0, 0.05) is 38.1 Å². The van der Waals surface area contributed by atoms with Crippen molar-refractivity contribution < 1.29 is 18.7 Å². The molecule has 1 aliphatic heterocycles. The number of carbonyl (C=O) groups is 1. The van der Waals surface area contributed by atoms with Gasteiger partial charge >= 0.3 is 0 Å². The maximum atomic E-state index is 14.0. The number of ether oxygens (including phenoxy) is 2. The molecule has 0 atom stereocenters. The largest absolute Gasteiger partial charge is 0.486 e. The van der Waals surface area contributed by atoms with Crippen molar-refractivity contribution in [1.82, 2.24) is 14.6 Å². The molecule has 0 aliphatic carbocycles. The number of anilines is 4. The van der Waals surface area contributed by atoms with E-state index in [2.05, 4.69) is 32.0 Å². The third-order valence-corrected chi connectivity index (χ3v) is 4.37. The molecule has 0 saturated heterocycles. The first-order valence-corrected chi connectivity index (χ1v) is 9.25. The topological polar surface area (TPSA) is 102 Å². The van der Waals surface area contributed by atoms with Gasteiger partial charge in [-0.15, -0.1) is 12.3 Å². The van der Waals surface area contributed by atoms with Crippen molar-refractivity contribution in [3.63, 3.8) is 0 Å². The summed E-state index contributed by atoms with van der Waals surface area (Å²) in [4.78, 5) is 16.6. The number of rotatable bonds is 6. The maximum absolute atomic E-state index is 14.0. The Balaban J connectivity index is 1.70. The van der Waals surface area contributed by atoms with Crippen LogP contribution in [0.25, 0.3) is 5.65 Å². The SMILES string of the molecule is C#CCCC(=O)Nc1cnn2c(NC)cc(Nc3cc(F)cc4c3OCCO4)nc12. The number of amides is 1. The van der Waals surface area contributed by atoms with Crippen molar-refractivity contribution in [2.75, 3.05) is 36.2 Å². The molecule has 154 valence electrons. The molecule has 4 rings (SSSR count). The Morgan fingerprint density at radius 2 is 2.13 bits per heavy atom. The Labute approximate surface area is 171 Å². The number of nitrogens with zero attached hydrogens (tertiary/aromatic N) is 3. The highest BCUT2D eigenvalue weighted by Gasteiger charge is 2.20. The van der Waals surface area contributed by atoms with Gasteiger partial charge in [0.2, 0.25) is 5.91 Å². The molecule has 9 nitrogen and oxygen atoms in total. The molecule has 0 saturated carbocycles. The summed E-state index contributed by atoms with van der Waals surface area (Å²) in [5.41, 5.74) is 1.21. The molecule has 0 bridgehead atoms. The molecule has 3 heterocycles. The minimum atomic E-state index is -0.470. The van der Waals surface area contributed by atoms with Crippen LogP contribution in [0.15, 0.2) is 24.4 Å². The molecule has 2 aromatic heterocycles. The second-order valence-electron chi connectivity index (χ2n) is 6.43. The lowest BCUT2D eigenvalue weighted by molar-refractivity contribution is -0.116. The third kappa shape index (κ3) is 3.77. The van der Waals surface area contributed by atoms with E-state index in [1.54, 1.807) is 17.6 Å². The zero-order valence-electron chi connectivity index (χ0n) is 16.2. The number of nitrogens with one attached hydrogen (secondary N) is 3. The average Bonchev–Trinajstić information content (AvgIpc) is 3.14. The molecular formula is C20H19FN6O3. The summed E-state index contributed by atoms with van der Waals surface area (Å²) >= 11 is 0. The van der Waals surface area contributed by atoms with Crippen LogP contribution in [-0.4, -0.2) is 40.8 Å². The van der Waals surface area contributed by atoms with Gasteiger partial charge in [0.15, 0.2) is 17.1 Å². The van der Waals surface area contributed by atoms with Gasteiger partial charge in [-0.25, -0.2) is 9.37 Å². The van der Waals surface area contributed by atoms with Crippen molar-refractivity contribution in [3.8, 4) is 23.8 Å². The molecule has 10 heteroatoms. The summed E-state index contributed by atoms with van der Waals surface area (Å²) in [6, 6.07) is 4.28. The van der Waals surface area contributed by atoms with E-state index in [0.717, 1.165) is 0 Å². The van der Waals surface area contributed by atoms with Crippen LogP contribution in [0, 0.1) is 18.2 Å². The summed E-state index contributed by atoms with van der Waals surface area (Å²) < 4.78 is 26.7. The molecule has 30 heavy (non-hydrogen) atoms. The first kappa shape index (κ1) is 19.3. The fourth-order valence-electron chi connectivity index (χ4n) is 3.04. The molecule has 3 N–H and O–H groups in total. The predicted octanol–water partition coefficient (Wildman–Crippen LogP) is 2.78. The highest BCUT2D eigenvalue weighted by atomic mass is 19.1. The first-order chi connectivity index (χ1) is 14.6. The average molecular weight is 410 g/mol. The van der Waals surface area contributed by atoms with Gasteiger partial charge < -0.3 is 25.4 Å². The fraction of sp³-hybridized carbons (Fsp3) is 0.250. The highest BCUT2D eigenvalue weighted by molar-refractivity contribution is 5.94. The van der Waals surface area contributed by atoms with Crippen LogP contribution in [0.4, 0.5) is 27.4 Å². The lowest BCUT2D eigenvalue weighted by Gasteiger charge is -2.21. The van der Waals surface area contributed by atoms with E-state index < -0.39 is 5.82 Å². The van der Waals surface area contributed by atoms with Crippen LogP contribution < -0.4 is 25.4 Å². The van der Waals surface area contributed by atoms with Crippen LogP contribution >= 0.6 is 0 Å². The third-order valence-electron chi connectivity index (χ3n) is 4.37. The van der Waals surface area contributed by atoms with E-state index in [1.165, 1.54) is 18.3 Å². The van der Waals surface area contributed by atoms with E-state index in [-0.39, 0.29) is 12.3 Å². The molecule has 1 amide bonds. The Morgan fingerprint density at radius 1 is 1.30 bits per heavy atom. The number of terminal acetylenes is 1. The van der Waals surface area contributed by atoms with Crippen LogP contribution in [0.2, 0.25) is 0 Å². The van der Waals surface area contributed by atoms with Gasteiger partial charge in [0.25, 0.3) is 0 Å². The van der Waals surface area contributed by atoms with Crippen LogP contribution in [0.5, 0.6) is 11.5 Å². The number of halogens is 1. The van der Waals surface area contributed by atoms with Gasteiger partial charge in [-0.3, -0.25) is 4.79 Å². The van der Waals surface area contributed by atoms with E-state index >= 15 is 0 Å². The summed E-state index contributed by atoms with van der Waals surface area (Å²) in [6.07, 6.45) is 7.24. The second kappa shape index (κ2) is 8.16. The molecular weight excluding hydrogens is 391 g/mol. The molecule has 0 spiro atoms. The Bertz CT molecular complexity index is 1150. The van der Waals surface area contributed by atoms with Crippen molar-refractivity contribution in [2.24, 2.45) is 0 Å². The summed E-state index contributed by atoms with van der Waals surface area (Å²) in [5.74, 6) is 3.46. The Hall–Kier alpha value is -4.00. The predicted molar refractivity (Wildman–Crippen MR) is 110 cm³/mol. The van der Waals surface area contributed by atoms with Gasteiger partial charge in [0.1, 0.15) is 36.4 Å². The zero-order valence-corrected chi connectivity index (χ0v) is 16.2. The van der Waals surface area contributed by atoms with Gasteiger partial charge in [-0.05, 0) is 0 Å². The minimum Gasteiger partial charge on any atom is -0.486 e. The monoisotopic (exact) mass is 410 g/mol. The van der Waals surface area contributed by atoms with Crippen molar-refractivity contribution in [1.29, 1.82) is 0 Å². The number of carbonyl (C=O) groups excluding carboxylic acids is 1. The fourth-order valence-corrected chi connectivity index (χ4v) is 3.04. The summed E-state index contributed by atoms with van der Waals surface area (Å²) in [6.45, 7) is 0.709. The van der Waals surface area contributed by atoms with Crippen molar-refractivity contribution in [3.05, 3.63) is 30.2 Å². The van der Waals surface area contributed by atoms with E-state index in [9.17, 15) is 9.18 Å². The molecule has 1 aromatic carbocycles. The van der Waals surface area contributed by atoms with E-state index in [4.69, 9.17) is 15.9 Å². The van der Waals surface area contributed by atoms with Crippen molar-refractivity contribution >= 4 is 34.6 Å². The molecule has 0 radical (unpaired) electrons. The quantitative estimate of drug-likeness (QED) is 0.537. The number of fused-ring (bicyclic) bond motifs is 2. The van der Waals surface area contributed by atoms with Gasteiger partial charge in [-0.2, -0.15) is 9.61 Å². The molecule has 3 aromatic rings. The highest BCUT2D eigenvalue weighted by Crippen LogP contribution is 2.40. The molecule has 1 aliphatic rings. The lowest BCUT2D eigenvalue weighted by Crippen LogP contribution is -2.16. The number of hydrogen-bond acceptors (Lipinski definition) is 7. The standard InChI is InChI=1S/C20H19FN6O3/c1-3-4-5-18(28)25-14-11-23-27-17(22-2)10-16(26-20(14)27)24-13-8-12(21)9-15-19(13)30-7-6-29-15/h1,8-11,22H,4-7H2,2H3,(H,24,26)(H,25,28). The number of hydrogen-bond donors (Lipinski definition) is 3. The Morgan fingerprint density at radius 3 is 2.93 bits per heavy atom. The lowest BCUT2D eigenvalue weighted by atomic mass is 10.2. The molecule has 0 fully saturated rings. The van der Waals surface area contributed by atoms with E-state index in [1.807, 2.05) is 0 Å². The van der Waals surface area contributed by atoms with Crippen LogP contribution in [0.3, 0.4) is 0 Å². The van der Waals surface area contributed by atoms with Gasteiger partial charge in [0.05, 0.1) is 11.9 Å². The maximum Gasteiger partial charge on any atom is 0.225 e. The van der Waals surface area contributed by atoms with Crippen LogP contribution in [-0.2, 0) is 4.79 Å².